The molecule has 1 N–H and O–H groups in total. The average molecular weight is 369 g/mol. The number of aryl methyl sites for hydroxylation is 2. The number of hydrogen-bond donors (Lipinski definition) is 1. The third-order valence-corrected chi connectivity index (χ3v) is 5.26. The number of likely N-dealkylation sites (tertiary alicyclic amines) is 1. The summed E-state index contributed by atoms with van der Waals surface area (Å²) in [6, 6.07) is 7.60. The highest BCUT2D eigenvalue weighted by Crippen LogP contribution is 2.31. The first-order chi connectivity index (χ1) is 13.0. The topological polar surface area (TPSA) is 84.5 Å². The van der Waals surface area contributed by atoms with Gasteiger partial charge in [0, 0.05) is 31.5 Å². The molecule has 3 heterocycles. The third kappa shape index (κ3) is 3.52. The molecule has 1 amide bonds. The highest BCUT2D eigenvalue weighted by Gasteiger charge is 2.41. The van der Waals surface area contributed by atoms with E-state index in [9.17, 15) is 9.59 Å². The molecular formula is C20H23N3O4. The fraction of sp³-hybridized carbons (Fsp3) is 0.450. The van der Waals surface area contributed by atoms with Gasteiger partial charge in [-0.15, -0.1) is 0 Å². The number of hydrogen-bond acceptors (Lipinski definition) is 5. The van der Waals surface area contributed by atoms with Crippen molar-refractivity contribution in [2.24, 2.45) is 0 Å². The summed E-state index contributed by atoms with van der Waals surface area (Å²) in [5, 5.41) is 0. The number of aromatic nitrogens is 2. The van der Waals surface area contributed by atoms with E-state index in [1.54, 1.807) is 11.0 Å². The van der Waals surface area contributed by atoms with Gasteiger partial charge in [-0.1, -0.05) is 23.8 Å². The summed E-state index contributed by atoms with van der Waals surface area (Å²) in [6.07, 6.45) is 1.27. The van der Waals surface area contributed by atoms with Crippen LogP contribution in [0.2, 0.25) is 0 Å². The normalized spacial score (nSPS) is 18.8. The van der Waals surface area contributed by atoms with Gasteiger partial charge in [0.25, 0.3) is 5.91 Å². The molecule has 0 radical (unpaired) electrons. The van der Waals surface area contributed by atoms with E-state index in [2.05, 4.69) is 9.97 Å². The van der Waals surface area contributed by atoms with E-state index in [0.29, 0.717) is 44.8 Å². The Morgan fingerprint density at radius 1 is 1.15 bits per heavy atom. The second-order valence-corrected chi connectivity index (χ2v) is 7.20. The highest BCUT2D eigenvalue weighted by molar-refractivity contribution is 5.93. The van der Waals surface area contributed by atoms with Gasteiger partial charge < -0.3 is 19.4 Å². The number of amides is 1. The van der Waals surface area contributed by atoms with Crippen LogP contribution in [0, 0.1) is 13.8 Å². The molecule has 4 rings (SSSR count). The van der Waals surface area contributed by atoms with Crippen molar-refractivity contribution in [2.75, 3.05) is 26.3 Å². The minimum absolute atomic E-state index is 0.201. The van der Waals surface area contributed by atoms with Crippen molar-refractivity contribution in [3.05, 3.63) is 51.6 Å². The molecule has 0 unspecified atom stereocenters. The molecule has 1 aromatic carbocycles. The predicted octanol–water partition coefficient (Wildman–Crippen LogP) is 2.03. The molecule has 27 heavy (non-hydrogen) atoms. The number of aromatic amines is 1. The Morgan fingerprint density at radius 3 is 2.52 bits per heavy atom. The summed E-state index contributed by atoms with van der Waals surface area (Å²) in [4.78, 5) is 33.4. The van der Waals surface area contributed by atoms with Crippen LogP contribution in [0.25, 0.3) is 11.3 Å². The number of ether oxygens (including phenoxy) is 2. The monoisotopic (exact) mass is 369 g/mol. The number of carbonyl (C=O) groups is 1. The van der Waals surface area contributed by atoms with Crippen LogP contribution < -0.4 is 5.69 Å². The number of nitrogens with one attached hydrogen (secondary N) is 1. The number of H-pyrrole nitrogens is 1. The van der Waals surface area contributed by atoms with E-state index >= 15 is 0 Å². The first-order valence-corrected chi connectivity index (χ1v) is 9.22. The molecule has 2 fully saturated rings. The molecule has 2 saturated heterocycles. The van der Waals surface area contributed by atoms with Crippen LogP contribution in [0.5, 0.6) is 0 Å². The lowest BCUT2D eigenvalue weighted by atomic mass is 10.0. The molecule has 2 aliphatic heterocycles. The van der Waals surface area contributed by atoms with Crippen molar-refractivity contribution in [2.45, 2.75) is 32.5 Å². The van der Waals surface area contributed by atoms with Crippen LogP contribution in [0.15, 0.2) is 29.1 Å². The molecule has 0 bridgehead atoms. The van der Waals surface area contributed by atoms with Crippen molar-refractivity contribution in [1.82, 2.24) is 14.9 Å². The van der Waals surface area contributed by atoms with E-state index in [0.717, 1.165) is 16.7 Å². The third-order valence-electron chi connectivity index (χ3n) is 5.26. The lowest BCUT2D eigenvalue weighted by Gasteiger charge is -2.37. The van der Waals surface area contributed by atoms with Crippen LogP contribution in [0.1, 0.15) is 34.5 Å². The van der Waals surface area contributed by atoms with Crippen LogP contribution in [-0.4, -0.2) is 52.9 Å². The van der Waals surface area contributed by atoms with E-state index in [1.165, 1.54) is 0 Å². The molecule has 7 heteroatoms. The minimum atomic E-state index is -0.535. The van der Waals surface area contributed by atoms with Gasteiger partial charge in [-0.2, -0.15) is 4.98 Å². The smallest absolute Gasteiger partial charge is 0.346 e. The first kappa shape index (κ1) is 17.9. The molecule has 2 aromatic rings. The molecule has 0 atom stereocenters. The Labute approximate surface area is 157 Å². The summed E-state index contributed by atoms with van der Waals surface area (Å²) in [6.45, 7) is 6.25. The Kier molecular flexibility index (Phi) is 4.57. The molecular weight excluding hydrogens is 346 g/mol. The zero-order chi connectivity index (χ0) is 19.0. The van der Waals surface area contributed by atoms with Crippen molar-refractivity contribution >= 4 is 5.91 Å². The number of piperidine rings is 1. The van der Waals surface area contributed by atoms with Crippen molar-refractivity contribution in [3.8, 4) is 11.3 Å². The van der Waals surface area contributed by atoms with Gasteiger partial charge >= 0.3 is 5.69 Å². The van der Waals surface area contributed by atoms with Crippen LogP contribution in [-0.2, 0) is 9.47 Å². The summed E-state index contributed by atoms with van der Waals surface area (Å²) in [5.41, 5.74) is 3.25. The molecule has 2 aliphatic rings. The lowest BCUT2D eigenvalue weighted by Crippen LogP contribution is -2.47. The standard InChI is InChI=1S/C20H23N3O4/c1-13-3-4-15(14(2)11-13)16-12-17(22-19(25)21-16)18(24)23-7-5-20(6-8-23)26-9-10-27-20/h3-4,11-12H,5-10H2,1-2H3,(H,21,22,25). The Bertz CT molecular complexity index is 921. The van der Waals surface area contributed by atoms with E-state index < -0.39 is 11.5 Å². The van der Waals surface area contributed by atoms with E-state index in [4.69, 9.17) is 9.47 Å². The first-order valence-electron chi connectivity index (χ1n) is 9.22. The second kappa shape index (κ2) is 6.90. The van der Waals surface area contributed by atoms with Gasteiger partial charge in [-0.05, 0) is 25.5 Å². The minimum Gasteiger partial charge on any atom is -0.347 e. The van der Waals surface area contributed by atoms with E-state index in [1.807, 2.05) is 32.0 Å². The zero-order valence-corrected chi connectivity index (χ0v) is 15.6. The van der Waals surface area contributed by atoms with Gasteiger partial charge in [0.1, 0.15) is 5.69 Å². The van der Waals surface area contributed by atoms with Crippen molar-refractivity contribution < 1.29 is 14.3 Å². The summed E-state index contributed by atoms with van der Waals surface area (Å²) in [5.74, 6) is -0.736. The van der Waals surface area contributed by atoms with Crippen LogP contribution >= 0.6 is 0 Å². The van der Waals surface area contributed by atoms with Crippen LogP contribution in [0.3, 0.4) is 0 Å². The molecule has 1 aromatic heterocycles. The Hall–Kier alpha value is -2.51. The molecule has 142 valence electrons. The van der Waals surface area contributed by atoms with Crippen molar-refractivity contribution in [3.63, 3.8) is 0 Å². The summed E-state index contributed by atoms with van der Waals surface area (Å²) >= 11 is 0. The van der Waals surface area contributed by atoms with Gasteiger partial charge in [0.05, 0.1) is 18.9 Å². The van der Waals surface area contributed by atoms with Crippen LogP contribution in [0.4, 0.5) is 0 Å². The van der Waals surface area contributed by atoms with Gasteiger partial charge in [0.15, 0.2) is 5.79 Å². The predicted molar refractivity (Wildman–Crippen MR) is 99.5 cm³/mol. The highest BCUT2D eigenvalue weighted by atomic mass is 16.7. The maximum Gasteiger partial charge on any atom is 0.346 e. The second-order valence-electron chi connectivity index (χ2n) is 7.20. The molecule has 0 aliphatic carbocycles. The molecule has 0 saturated carbocycles. The summed E-state index contributed by atoms with van der Waals surface area (Å²) < 4.78 is 11.4. The maximum atomic E-state index is 12.9. The fourth-order valence-corrected chi connectivity index (χ4v) is 3.82. The average Bonchev–Trinajstić information content (AvgIpc) is 3.09. The largest absolute Gasteiger partial charge is 0.347 e. The van der Waals surface area contributed by atoms with Crippen molar-refractivity contribution in [1.29, 1.82) is 0 Å². The van der Waals surface area contributed by atoms with Gasteiger partial charge in [-0.3, -0.25) is 4.79 Å². The Balaban J connectivity index is 1.58. The fourth-order valence-electron chi connectivity index (χ4n) is 3.82. The van der Waals surface area contributed by atoms with Gasteiger partial charge in [0.2, 0.25) is 0 Å². The quantitative estimate of drug-likeness (QED) is 0.876. The number of rotatable bonds is 2. The summed E-state index contributed by atoms with van der Waals surface area (Å²) in [7, 11) is 0. The molecule has 7 nitrogen and oxygen atoms in total. The van der Waals surface area contributed by atoms with Gasteiger partial charge in [-0.25, -0.2) is 4.79 Å². The number of carbonyl (C=O) groups excluding carboxylic acids is 1. The number of benzene rings is 1. The lowest BCUT2D eigenvalue weighted by molar-refractivity contribution is -0.181. The zero-order valence-electron chi connectivity index (χ0n) is 15.6. The SMILES string of the molecule is Cc1ccc(-c2cc(C(=O)N3CCC4(CC3)OCCO4)[nH]c(=O)n2)c(C)c1. The number of nitrogens with zero attached hydrogens (tertiary/aromatic N) is 2. The molecule has 1 spiro atoms. The maximum absolute atomic E-state index is 12.9. The Morgan fingerprint density at radius 2 is 1.85 bits per heavy atom. The van der Waals surface area contributed by atoms with E-state index in [-0.39, 0.29) is 11.6 Å².